The van der Waals surface area contributed by atoms with E-state index in [2.05, 4.69) is 39.3 Å². The molecule has 0 unspecified atom stereocenters. The fraction of sp³-hybridized carbons (Fsp3) is 0.304. The average Bonchev–Trinajstić information content (AvgIpc) is 3.48. The van der Waals surface area contributed by atoms with Gasteiger partial charge in [-0.2, -0.15) is 0 Å². The van der Waals surface area contributed by atoms with Crippen LogP contribution >= 0.6 is 0 Å². The Morgan fingerprint density at radius 1 is 0.964 bits per heavy atom. The van der Waals surface area contributed by atoms with Crippen molar-refractivity contribution in [2.75, 3.05) is 13.1 Å². The molecule has 142 valence electrons. The SMILES string of the molecule is ON=C1CCc2cc(-c3cc(CN4CCCC4)oc3-c3ccncc3)ccc21. The number of benzene rings is 1. The molecule has 5 heteroatoms. The van der Waals surface area contributed by atoms with E-state index in [9.17, 15) is 5.21 Å². The molecule has 0 spiro atoms. The Kier molecular flexibility index (Phi) is 4.45. The number of hydrogen-bond acceptors (Lipinski definition) is 5. The van der Waals surface area contributed by atoms with Crippen molar-refractivity contribution < 1.29 is 9.62 Å². The van der Waals surface area contributed by atoms with E-state index in [1.165, 1.54) is 18.4 Å². The van der Waals surface area contributed by atoms with Crippen molar-refractivity contribution in [3.05, 3.63) is 65.7 Å². The molecule has 0 bridgehead atoms. The van der Waals surface area contributed by atoms with Crippen molar-refractivity contribution in [3.8, 4) is 22.5 Å². The highest BCUT2D eigenvalue weighted by molar-refractivity contribution is 6.04. The Hall–Kier alpha value is -2.92. The van der Waals surface area contributed by atoms with Crippen LogP contribution in [-0.4, -0.2) is 33.9 Å². The molecule has 3 aromatic rings. The molecule has 0 atom stereocenters. The summed E-state index contributed by atoms with van der Waals surface area (Å²) < 4.78 is 6.35. The molecule has 3 heterocycles. The zero-order valence-corrected chi connectivity index (χ0v) is 15.8. The minimum absolute atomic E-state index is 0.776. The highest BCUT2D eigenvalue weighted by atomic mass is 16.4. The van der Waals surface area contributed by atoms with E-state index in [-0.39, 0.29) is 0 Å². The topological polar surface area (TPSA) is 61.9 Å². The average molecular weight is 373 g/mol. The first-order valence-electron chi connectivity index (χ1n) is 9.92. The highest BCUT2D eigenvalue weighted by Crippen LogP contribution is 2.37. The molecule has 1 aliphatic heterocycles. The van der Waals surface area contributed by atoms with Gasteiger partial charge in [0.15, 0.2) is 0 Å². The maximum Gasteiger partial charge on any atom is 0.142 e. The first kappa shape index (κ1) is 17.2. The van der Waals surface area contributed by atoms with Gasteiger partial charge < -0.3 is 9.62 Å². The van der Waals surface area contributed by atoms with Crippen LogP contribution in [0.3, 0.4) is 0 Å². The molecule has 5 rings (SSSR count). The molecule has 1 aromatic carbocycles. The second kappa shape index (κ2) is 7.24. The lowest BCUT2D eigenvalue weighted by Gasteiger charge is -2.11. The van der Waals surface area contributed by atoms with Gasteiger partial charge in [0.1, 0.15) is 11.5 Å². The predicted octanol–water partition coefficient (Wildman–Crippen LogP) is 4.73. The largest absolute Gasteiger partial charge is 0.459 e. The first-order chi connectivity index (χ1) is 13.8. The first-order valence-corrected chi connectivity index (χ1v) is 9.92. The number of oxime groups is 1. The smallest absolute Gasteiger partial charge is 0.142 e. The molecule has 28 heavy (non-hydrogen) atoms. The number of likely N-dealkylation sites (tertiary alicyclic amines) is 1. The number of fused-ring (bicyclic) bond motifs is 1. The Morgan fingerprint density at radius 3 is 2.57 bits per heavy atom. The van der Waals surface area contributed by atoms with E-state index in [0.29, 0.717) is 0 Å². The van der Waals surface area contributed by atoms with Crippen LogP contribution in [0.25, 0.3) is 22.5 Å². The fourth-order valence-electron chi connectivity index (χ4n) is 4.35. The number of pyridine rings is 1. The molecule has 1 aliphatic carbocycles. The van der Waals surface area contributed by atoms with Crippen molar-refractivity contribution in [2.45, 2.75) is 32.2 Å². The van der Waals surface area contributed by atoms with Gasteiger partial charge in [-0.1, -0.05) is 23.4 Å². The quantitative estimate of drug-likeness (QED) is 0.530. The van der Waals surface area contributed by atoms with Gasteiger partial charge in [0, 0.05) is 29.1 Å². The van der Waals surface area contributed by atoms with Crippen molar-refractivity contribution in [2.24, 2.45) is 5.16 Å². The van der Waals surface area contributed by atoms with E-state index < -0.39 is 0 Å². The molecule has 1 saturated heterocycles. The number of hydrogen-bond donors (Lipinski definition) is 1. The molecule has 5 nitrogen and oxygen atoms in total. The van der Waals surface area contributed by atoms with Crippen LogP contribution in [0.1, 0.15) is 36.1 Å². The Balaban J connectivity index is 1.57. The summed E-state index contributed by atoms with van der Waals surface area (Å²) >= 11 is 0. The predicted molar refractivity (Wildman–Crippen MR) is 109 cm³/mol. The van der Waals surface area contributed by atoms with Crippen LogP contribution in [-0.2, 0) is 13.0 Å². The standard InChI is InChI=1S/C23H23N3O2/c27-25-22-6-4-17-13-18(3-5-20(17)22)21-14-19(15-26-11-1-2-12-26)28-23(21)16-7-9-24-10-8-16/h3,5,7-10,13-14,27H,1-2,4,6,11-12,15H2. The molecular formula is C23H23N3O2. The number of furan rings is 1. The zero-order chi connectivity index (χ0) is 18.9. The zero-order valence-electron chi connectivity index (χ0n) is 15.8. The molecule has 2 aliphatic rings. The lowest BCUT2D eigenvalue weighted by Crippen LogP contribution is -2.17. The normalized spacial score (nSPS) is 18.1. The summed E-state index contributed by atoms with van der Waals surface area (Å²) in [5, 5.41) is 12.6. The second-order valence-corrected chi connectivity index (χ2v) is 7.59. The van der Waals surface area contributed by atoms with Gasteiger partial charge in [0.05, 0.1) is 12.3 Å². The van der Waals surface area contributed by atoms with E-state index in [4.69, 9.17) is 4.42 Å². The Morgan fingerprint density at radius 2 is 1.79 bits per heavy atom. The van der Waals surface area contributed by atoms with Crippen LogP contribution < -0.4 is 0 Å². The van der Waals surface area contributed by atoms with Crippen molar-refractivity contribution in [1.82, 2.24) is 9.88 Å². The van der Waals surface area contributed by atoms with Crippen molar-refractivity contribution in [1.29, 1.82) is 0 Å². The number of rotatable bonds is 4. The van der Waals surface area contributed by atoms with Crippen molar-refractivity contribution >= 4 is 5.71 Å². The highest BCUT2D eigenvalue weighted by Gasteiger charge is 2.22. The summed E-state index contributed by atoms with van der Waals surface area (Å²) in [6.07, 6.45) is 7.83. The summed E-state index contributed by atoms with van der Waals surface area (Å²) in [7, 11) is 0. The lowest BCUT2D eigenvalue weighted by atomic mass is 9.98. The van der Waals surface area contributed by atoms with Crippen LogP contribution in [0.5, 0.6) is 0 Å². The van der Waals surface area contributed by atoms with Crippen LogP contribution in [0.2, 0.25) is 0 Å². The second-order valence-electron chi connectivity index (χ2n) is 7.59. The van der Waals surface area contributed by atoms with Gasteiger partial charge in [-0.3, -0.25) is 9.88 Å². The molecule has 0 amide bonds. The number of aromatic nitrogens is 1. The third-order valence-corrected chi connectivity index (χ3v) is 5.78. The van der Waals surface area contributed by atoms with E-state index in [1.807, 2.05) is 12.1 Å². The van der Waals surface area contributed by atoms with E-state index in [0.717, 1.165) is 72.0 Å². The maximum absolute atomic E-state index is 9.19. The molecular weight excluding hydrogens is 350 g/mol. The number of nitrogens with zero attached hydrogens (tertiary/aromatic N) is 3. The van der Waals surface area contributed by atoms with Gasteiger partial charge in [-0.05, 0) is 68.1 Å². The molecule has 0 radical (unpaired) electrons. The van der Waals surface area contributed by atoms with E-state index >= 15 is 0 Å². The minimum atomic E-state index is 0.776. The molecule has 1 N–H and O–H groups in total. The van der Waals surface area contributed by atoms with Crippen LogP contribution in [0.4, 0.5) is 0 Å². The van der Waals surface area contributed by atoms with Crippen LogP contribution in [0, 0.1) is 0 Å². The Labute approximate surface area is 164 Å². The fourth-order valence-corrected chi connectivity index (χ4v) is 4.35. The van der Waals surface area contributed by atoms with Gasteiger partial charge in [0.2, 0.25) is 0 Å². The lowest BCUT2D eigenvalue weighted by molar-refractivity contribution is 0.299. The van der Waals surface area contributed by atoms with Gasteiger partial charge in [0.25, 0.3) is 0 Å². The van der Waals surface area contributed by atoms with Gasteiger partial charge in [-0.25, -0.2) is 0 Å². The molecule has 2 aromatic heterocycles. The number of aryl methyl sites for hydroxylation is 1. The molecule has 1 fully saturated rings. The summed E-state index contributed by atoms with van der Waals surface area (Å²) in [5.74, 6) is 1.90. The third-order valence-electron chi connectivity index (χ3n) is 5.78. The Bertz CT molecular complexity index is 1020. The summed E-state index contributed by atoms with van der Waals surface area (Å²) in [6.45, 7) is 3.13. The summed E-state index contributed by atoms with van der Waals surface area (Å²) in [4.78, 5) is 6.59. The minimum Gasteiger partial charge on any atom is -0.459 e. The third kappa shape index (κ3) is 3.12. The summed E-state index contributed by atoms with van der Waals surface area (Å²) in [5.41, 5.74) is 6.35. The summed E-state index contributed by atoms with van der Waals surface area (Å²) in [6, 6.07) is 12.5. The molecule has 0 saturated carbocycles. The van der Waals surface area contributed by atoms with Crippen molar-refractivity contribution in [3.63, 3.8) is 0 Å². The monoisotopic (exact) mass is 373 g/mol. The maximum atomic E-state index is 9.19. The van der Waals surface area contributed by atoms with Gasteiger partial charge >= 0.3 is 0 Å². The van der Waals surface area contributed by atoms with Gasteiger partial charge in [-0.15, -0.1) is 0 Å². The van der Waals surface area contributed by atoms with E-state index in [1.54, 1.807) is 12.4 Å². The van der Waals surface area contributed by atoms with Crippen LogP contribution in [0.15, 0.2) is 58.4 Å².